The Morgan fingerprint density at radius 2 is 1.68 bits per heavy atom. The van der Waals surface area contributed by atoms with Gasteiger partial charge in [0.2, 0.25) is 5.91 Å². The molecule has 1 aromatic heterocycles. The molecule has 38 heavy (non-hydrogen) atoms. The third kappa shape index (κ3) is 7.09. The highest BCUT2D eigenvalue weighted by Crippen LogP contribution is 2.25. The van der Waals surface area contributed by atoms with Crippen LogP contribution in [0.4, 0.5) is 8.78 Å². The third-order valence-electron chi connectivity index (χ3n) is 7.36. The van der Waals surface area contributed by atoms with Crippen molar-refractivity contribution in [3.05, 3.63) is 95.3 Å². The minimum Gasteiger partial charge on any atom is -0.345 e. The molecule has 0 aliphatic heterocycles. The lowest BCUT2D eigenvalue weighted by atomic mass is 9.94. The number of halogens is 2. The van der Waals surface area contributed by atoms with Crippen molar-refractivity contribution in [1.29, 1.82) is 0 Å². The molecule has 0 bridgehead atoms. The molecule has 0 spiro atoms. The van der Waals surface area contributed by atoms with E-state index in [1.54, 1.807) is 24.3 Å². The SMILES string of the molecule is CCCCN(CC(=O)N(Cc1cccn1Cc1ccc(F)cc1)C1CCCCC1)C(=O)c1ccccc1F. The Labute approximate surface area is 224 Å². The first-order valence-electron chi connectivity index (χ1n) is 13.7. The molecule has 0 unspecified atom stereocenters. The molecule has 0 saturated heterocycles. The maximum absolute atomic E-state index is 14.4. The summed E-state index contributed by atoms with van der Waals surface area (Å²) in [6, 6.07) is 16.4. The van der Waals surface area contributed by atoms with Crippen LogP contribution in [0, 0.1) is 11.6 Å². The van der Waals surface area contributed by atoms with Gasteiger partial charge in [-0.1, -0.05) is 56.9 Å². The van der Waals surface area contributed by atoms with Crippen molar-refractivity contribution in [2.45, 2.75) is 71.0 Å². The van der Waals surface area contributed by atoms with Crippen molar-refractivity contribution in [1.82, 2.24) is 14.4 Å². The van der Waals surface area contributed by atoms with Gasteiger partial charge in [0.1, 0.15) is 18.2 Å². The molecule has 4 rings (SSSR count). The van der Waals surface area contributed by atoms with Crippen LogP contribution in [0.2, 0.25) is 0 Å². The summed E-state index contributed by atoms with van der Waals surface area (Å²) in [5.74, 6) is -1.41. The van der Waals surface area contributed by atoms with E-state index in [-0.39, 0.29) is 29.9 Å². The summed E-state index contributed by atoms with van der Waals surface area (Å²) in [4.78, 5) is 30.6. The number of rotatable bonds is 11. The molecule has 5 nitrogen and oxygen atoms in total. The summed E-state index contributed by atoms with van der Waals surface area (Å²) < 4.78 is 29.9. The van der Waals surface area contributed by atoms with Crippen molar-refractivity contribution >= 4 is 11.8 Å². The fourth-order valence-corrected chi connectivity index (χ4v) is 5.18. The van der Waals surface area contributed by atoms with E-state index in [0.717, 1.165) is 56.2 Å². The molecule has 2 aromatic carbocycles. The molecule has 1 fully saturated rings. The molecule has 7 heteroatoms. The van der Waals surface area contributed by atoms with Crippen LogP contribution in [0.15, 0.2) is 66.9 Å². The first kappa shape index (κ1) is 27.6. The van der Waals surface area contributed by atoms with E-state index in [1.165, 1.54) is 29.2 Å². The minimum absolute atomic E-state index is 0.00575. The highest BCUT2D eigenvalue weighted by Gasteiger charge is 2.29. The van der Waals surface area contributed by atoms with E-state index in [2.05, 4.69) is 4.57 Å². The number of hydrogen-bond donors (Lipinski definition) is 0. The second-order valence-corrected chi connectivity index (χ2v) is 10.1. The molecule has 1 aliphatic carbocycles. The van der Waals surface area contributed by atoms with Gasteiger partial charge in [-0.2, -0.15) is 0 Å². The van der Waals surface area contributed by atoms with Crippen LogP contribution in [0.3, 0.4) is 0 Å². The zero-order chi connectivity index (χ0) is 26.9. The molecule has 0 radical (unpaired) electrons. The summed E-state index contributed by atoms with van der Waals surface area (Å²) >= 11 is 0. The number of nitrogens with zero attached hydrogens (tertiary/aromatic N) is 3. The lowest BCUT2D eigenvalue weighted by Gasteiger charge is -2.36. The summed E-state index contributed by atoms with van der Waals surface area (Å²) in [7, 11) is 0. The topological polar surface area (TPSA) is 45.6 Å². The van der Waals surface area contributed by atoms with E-state index in [0.29, 0.717) is 19.6 Å². The molecule has 202 valence electrons. The predicted molar refractivity (Wildman–Crippen MR) is 145 cm³/mol. The minimum atomic E-state index is -0.575. The van der Waals surface area contributed by atoms with E-state index < -0.39 is 11.7 Å². The zero-order valence-corrected chi connectivity index (χ0v) is 22.1. The smallest absolute Gasteiger partial charge is 0.257 e. The monoisotopic (exact) mass is 521 g/mol. The van der Waals surface area contributed by atoms with Gasteiger partial charge in [0.15, 0.2) is 0 Å². The Kier molecular flexibility index (Phi) is 9.68. The lowest BCUT2D eigenvalue weighted by Crippen LogP contribution is -2.48. The quantitative estimate of drug-likeness (QED) is 0.292. The fraction of sp³-hybridized carbons (Fsp3) is 0.419. The maximum atomic E-state index is 14.4. The number of carbonyl (C=O) groups is 2. The summed E-state index contributed by atoms with van der Waals surface area (Å²) in [6.07, 6.45) is 8.72. The Hall–Kier alpha value is -3.48. The molecule has 0 N–H and O–H groups in total. The van der Waals surface area contributed by atoms with Gasteiger partial charge in [-0.15, -0.1) is 0 Å². The van der Waals surface area contributed by atoms with Gasteiger partial charge < -0.3 is 14.4 Å². The number of carbonyl (C=O) groups excluding carboxylic acids is 2. The van der Waals surface area contributed by atoms with Crippen LogP contribution in [0.5, 0.6) is 0 Å². The Morgan fingerprint density at radius 1 is 0.947 bits per heavy atom. The van der Waals surface area contributed by atoms with Gasteiger partial charge in [0, 0.05) is 31.0 Å². The fourth-order valence-electron chi connectivity index (χ4n) is 5.18. The summed E-state index contributed by atoms with van der Waals surface area (Å²) in [5.41, 5.74) is 1.95. The van der Waals surface area contributed by atoms with Crippen LogP contribution in [-0.2, 0) is 17.9 Å². The van der Waals surface area contributed by atoms with E-state index in [9.17, 15) is 18.4 Å². The van der Waals surface area contributed by atoms with Crippen LogP contribution in [0.1, 0.15) is 73.5 Å². The standard InChI is InChI=1S/C31H37F2N3O2/c1-2-3-19-35(31(38)28-13-7-8-14-29(28)33)23-30(37)36(26-10-5-4-6-11-26)22-27-12-9-20-34(27)21-24-15-17-25(32)18-16-24/h7-9,12-18,20,26H,2-6,10-11,19,21-23H2,1H3. The number of benzene rings is 2. The van der Waals surface area contributed by atoms with E-state index in [4.69, 9.17) is 0 Å². The van der Waals surface area contributed by atoms with Gasteiger partial charge >= 0.3 is 0 Å². The highest BCUT2D eigenvalue weighted by molar-refractivity contribution is 5.96. The second kappa shape index (κ2) is 13.4. The number of amides is 2. The largest absolute Gasteiger partial charge is 0.345 e. The predicted octanol–water partition coefficient (Wildman–Crippen LogP) is 6.42. The Morgan fingerprint density at radius 3 is 2.39 bits per heavy atom. The van der Waals surface area contributed by atoms with Crippen LogP contribution in [0.25, 0.3) is 0 Å². The van der Waals surface area contributed by atoms with Gasteiger partial charge in [0.25, 0.3) is 5.91 Å². The third-order valence-corrected chi connectivity index (χ3v) is 7.36. The van der Waals surface area contributed by atoms with Crippen molar-refractivity contribution < 1.29 is 18.4 Å². The van der Waals surface area contributed by atoms with Crippen molar-refractivity contribution in [3.63, 3.8) is 0 Å². The summed E-state index contributed by atoms with van der Waals surface area (Å²) in [5, 5.41) is 0. The van der Waals surface area contributed by atoms with Gasteiger partial charge in [-0.05, 0) is 61.2 Å². The highest BCUT2D eigenvalue weighted by atomic mass is 19.1. The number of unbranched alkanes of at least 4 members (excludes halogenated alkanes) is 1. The van der Waals surface area contributed by atoms with Crippen molar-refractivity contribution in [3.8, 4) is 0 Å². The normalized spacial score (nSPS) is 13.9. The Bertz CT molecular complexity index is 1200. The van der Waals surface area contributed by atoms with Crippen LogP contribution < -0.4 is 0 Å². The van der Waals surface area contributed by atoms with Gasteiger partial charge in [-0.3, -0.25) is 9.59 Å². The molecule has 1 aliphatic rings. The maximum Gasteiger partial charge on any atom is 0.257 e. The van der Waals surface area contributed by atoms with Gasteiger partial charge in [0.05, 0.1) is 12.1 Å². The molecule has 3 aromatic rings. The van der Waals surface area contributed by atoms with Crippen LogP contribution >= 0.6 is 0 Å². The summed E-state index contributed by atoms with van der Waals surface area (Å²) in [6.45, 7) is 3.34. The van der Waals surface area contributed by atoms with Crippen molar-refractivity contribution in [2.24, 2.45) is 0 Å². The number of hydrogen-bond acceptors (Lipinski definition) is 2. The average Bonchev–Trinajstić information content (AvgIpc) is 3.37. The first-order valence-corrected chi connectivity index (χ1v) is 13.7. The number of aromatic nitrogens is 1. The van der Waals surface area contributed by atoms with Crippen molar-refractivity contribution in [2.75, 3.05) is 13.1 Å². The first-order chi connectivity index (χ1) is 18.5. The molecule has 2 amide bonds. The van der Waals surface area contributed by atoms with Crippen LogP contribution in [-0.4, -0.2) is 45.3 Å². The molecule has 0 atom stereocenters. The molecule has 1 saturated carbocycles. The average molecular weight is 522 g/mol. The van der Waals surface area contributed by atoms with E-state index in [1.807, 2.05) is 30.2 Å². The van der Waals surface area contributed by atoms with Gasteiger partial charge in [-0.25, -0.2) is 8.78 Å². The molecular formula is C31H37F2N3O2. The molecular weight excluding hydrogens is 484 g/mol. The van der Waals surface area contributed by atoms with E-state index >= 15 is 0 Å². The lowest BCUT2D eigenvalue weighted by molar-refractivity contribution is -0.135. The zero-order valence-electron chi connectivity index (χ0n) is 22.1. The Balaban J connectivity index is 1.55. The molecule has 1 heterocycles. The second-order valence-electron chi connectivity index (χ2n) is 10.1.